The molecular weight excluding hydrogens is 224 g/mol. The van der Waals surface area contributed by atoms with Gasteiger partial charge >= 0.3 is 5.97 Å². The summed E-state index contributed by atoms with van der Waals surface area (Å²) < 4.78 is 0. The quantitative estimate of drug-likeness (QED) is 0.683. The van der Waals surface area contributed by atoms with E-state index in [2.05, 4.69) is 10.3 Å². The van der Waals surface area contributed by atoms with Crippen molar-refractivity contribution < 1.29 is 19.8 Å². The van der Waals surface area contributed by atoms with E-state index in [0.717, 1.165) is 6.92 Å². The Bertz CT molecular complexity index is 443. The lowest BCUT2D eigenvalue weighted by atomic mass is 10.1. The van der Waals surface area contributed by atoms with Gasteiger partial charge in [-0.1, -0.05) is 0 Å². The van der Waals surface area contributed by atoms with E-state index >= 15 is 0 Å². The van der Waals surface area contributed by atoms with Gasteiger partial charge in [-0.25, -0.2) is 4.79 Å². The predicted octanol–water partition coefficient (Wildman–Crippen LogP) is -0.0446. The molecule has 0 spiro atoms. The van der Waals surface area contributed by atoms with Crippen LogP contribution in [0.5, 0.6) is 0 Å². The van der Waals surface area contributed by atoms with E-state index in [1.807, 2.05) is 0 Å². The van der Waals surface area contributed by atoms with Crippen LogP contribution in [0, 0.1) is 6.92 Å². The van der Waals surface area contributed by atoms with Gasteiger partial charge in [-0.2, -0.15) is 0 Å². The molecule has 0 fully saturated rings. The minimum atomic E-state index is -1.97. The third-order valence-corrected chi connectivity index (χ3v) is 2.21. The van der Waals surface area contributed by atoms with Crippen molar-refractivity contribution in [2.75, 3.05) is 6.54 Å². The van der Waals surface area contributed by atoms with Gasteiger partial charge in [0.25, 0.3) is 5.91 Å². The monoisotopic (exact) mass is 238 g/mol. The van der Waals surface area contributed by atoms with Crippen LogP contribution in [-0.2, 0) is 4.79 Å². The Balaban J connectivity index is 2.65. The number of hydrogen-bond acceptors (Lipinski definition) is 4. The largest absolute Gasteiger partial charge is 0.479 e. The van der Waals surface area contributed by atoms with Crippen LogP contribution in [-0.4, -0.2) is 39.2 Å². The minimum absolute atomic E-state index is 0.359. The second-order valence-electron chi connectivity index (χ2n) is 3.95. The van der Waals surface area contributed by atoms with Crippen molar-refractivity contribution in [3.63, 3.8) is 0 Å². The molecule has 1 rings (SSSR count). The minimum Gasteiger partial charge on any atom is -0.479 e. The number of amides is 1. The fourth-order valence-electron chi connectivity index (χ4n) is 1.12. The number of aryl methyl sites for hydroxylation is 1. The summed E-state index contributed by atoms with van der Waals surface area (Å²) >= 11 is 0. The van der Waals surface area contributed by atoms with E-state index in [4.69, 9.17) is 5.11 Å². The topological polar surface area (TPSA) is 99.5 Å². The number of aromatic nitrogens is 1. The zero-order valence-corrected chi connectivity index (χ0v) is 9.60. The summed E-state index contributed by atoms with van der Waals surface area (Å²) in [5, 5.41) is 20.4. The summed E-state index contributed by atoms with van der Waals surface area (Å²) in [6.07, 6.45) is 1.49. The molecular formula is C11H14N2O4. The number of carbonyl (C=O) groups is 2. The molecule has 1 aromatic heterocycles. The summed E-state index contributed by atoms with van der Waals surface area (Å²) in [6.45, 7) is 2.50. The first-order valence-corrected chi connectivity index (χ1v) is 4.99. The average Bonchev–Trinajstić information content (AvgIpc) is 2.25. The third kappa shape index (κ3) is 3.53. The standard InChI is InChI=1S/C11H14N2O4/c1-7-5-8(3-4-12-7)9(14)13-6-11(2,17)10(15)16/h3-5,17H,6H2,1-2H3,(H,13,14)(H,15,16). The maximum absolute atomic E-state index is 11.6. The molecule has 0 aliphatic heterocycles. The molecule has 17 heavy (non-hydrogen) atoms. The molecule has 0 aliphatic rings. The van der Waals surface area contributed by atoms with Crippen molar-refractivity contribution in [3.8, 4) is 0 Å². The lowest BCUT2D eigenvalue weighted by Crippen LogP contribution is -2.46. The number of rotatable bonds is 4. The Labute approximate surface area is 98.3 Å². The number of aliphatic hydroxyl groups is 1. The number of nitrogens with one attached hydrogen (secondary N) is 1. The molecule has 1 unspecified atom stereocenters. The van der Waals surface area contributed by atoms with Gasteiger partial charge in [0, 0.05) is 17.5 Å². The third-order valence-electron chi connectivity index (χ3n) is 2.21. The highest BCUT2D eigenvalue weighted by Crippen LogP contribution is 2.04. The molecule has 1 amide bonds. The average molecular weight is 238 g/mol. The second-order valence-corrected chi connectivity index (χ2v) is 3.95. The van der Waals surface area contributed by atoms with Crippen LogP contribution in [0.3, 0.4) is 0 Å². The lowest BCUT2D eigenvalue weighted by molar-refractivity contribution is -0.155. The summed E-state index contributed by atoms with van der Waals surface area (Å²) in [5.41, 5.74) is -0.918. The maximum atomic E-state index is 11.6. The van der Waals surface area contributed by atoms with Crippen LogP contribution in [0.15, 0.2) is 18.3 Å². The van der Waals surface area contributed by atoms with E-state index in [1.54, 1.807) is 13.0 Å². The highest BCUT2D eigenvalue weighted by Gasteiger charge is 2.30. The van der Waals surface area contributed by atoms with Crippen LogP contribution in [0.4, 0.5) is 0 Å². The number of aliphatic carboxylic acids is 1. The molecule has 1 aromatic rings. The van der Waals surface area contributed by atoms with Crippen molar-refractivity contribution in [2.24, 2.45) is 0 Å². The van der Waals surface area contributed by atoms with Gasteiger partial charge in [-0.05, 0) is 26.0 Å². The van der Waals surface area contributed by atoms with Crippen molar-refractivity contribution in [1.82, 2.24) is 10.3 Å². The Morgan fingerprint density at radius 1 is 1.53 bits per heavy atom. The first-order chi connectivity index (χ1) is 7.83. The molecule has 0 saturated carbocycles. The fourth-order valence-corrected chi connectivity index (χ4v) is 1.12. The first-order valence-electron chi connectivity index (χ1n) is 4.99. The molecule has 1 heterocycles. The van der Waals surface area contributed by atoms with Crippen LogP contribution in [0.25, 0.3) is 0 Å². The smallest absolute Gasteiger partial charge is 0.337 e. The predicted molar refractivity (Wildman–Crippen MR) is 59.6 cm³/mol. The Hall–Kier alpha value is -1.95. The highest BCUT2D eigenvalue weighted by molar-refractivity contribution is 5.94. The lowest BCUT2D eigenvalue weighted by Gasteiger charge is -2.18. The van der Waals surface area contributed by atoms with E-state index < -0.39 is 17.5 Å². The number of pyridine rings is 1. The van der Waals surface area contributed by atoms with Gasteiger partial charge in [0.2, 0.25) is 0 Å². The molecule has 1 atom stereocenters. The van der Waals surface area contributed by atoms with E-state index in [1.165, 1.54) is 12.3 Å². The molecule has 6 heteroatoms. The van der Waals surface area contributed by atoms with Gasteiger partial charge in [0.1, 0.15) is 0 Å². The first kappa shape index (κ1) is 13.1. The van der Waals surface area contributed by atoms with Gasteiger partial charge < -0.3 is 15.5 Å². The number of hydrogen-bond donors (Lipinski definition) is 3. The molecule has 92 valence electrons. The number of nitrogens with zero attached hydrogens (tertiary/aromatic N) is 1. The summed E-state index contributed by atoms with van der Waals surface area (Å²) in [5.74, 6) is -1.83. The van der Waals surface area contributed by atoms with Crippen LogP contribution in [0.2, 0.25) is 0 Å². The molecule has 0 bridgehead atoms. The normalized spacial score (nSPS) is 13.8. The second kappa shape index (κ2) is 4.92. The molecule has 0 saturated heterocycles. The summed E-state index contributed by atoms with van der Waals surface area (Å²) in [7, 11) is 0. The number of carboxylic acid groups (broad SMARTS) is 1. The Morgan fingerprint density at radius 2 is 2.18 bits per heavy atom. The Kier molecular flexibility index (Phi) is 3.80. The van der Waals surface area contributed by atoms with Crippen LogP contribution >= 0.6 is 0 Å². The molecule has 0 aliphatic carbocycles. The molecule has 0 radical (unpaired) electrons. The van der Waals surface area contributed by atoms with Crippen molar-refractivity contribution in [1.29, 1.82) is 0 Å². The Morgan fingerprint density at radius 3 is 2.71 bits per heavy atom. The van der Waals surface area contributed by atoms with Crippen LogP contribution < -0.4 is 5.32 Å². The summed E-state index contributed by atoms with van der Waals surface area (Å²) in [4.78, 5) is 26.2. The number of carboxylic acids is 1. The van der Waals surface area contributed by atoms with E-state index in [0.29, 0.717) is 11.3 Å². The molecule has 6 nitrogen and oxygen atoms in total. The van der Waals surface area contributed by atoms with Gasteiger partial charge in [-0.3, -0.25) is 9.78 Å². The van der Waals surface area contributed by atoms with E-state index in [-0.39, 0.29) is 6.54 Å². The zero-order valence-electron chi connectivity index (χ0n) is 9.60. The van der Waals surface area contributed by atoms with E-state index in [9.17, 15) is 14.7 Å². The van der Waals surface area contributed by atoms with Crippen molar-refractivity contribution >= 4 is 11.9 Å². The van der Waals surface area contributed by atoms with Crippen LogP contribution in [0.1, 0.15) is 23.0 Å². The fraction of sp³-hybridized carbons (Fsp3) is 0.364. The highest BCUT2D eigenvalue weighted by atomic mass is 16.4. The maximum Gasteiger partial charge on any atom is 0.337 e. The van der Waals surface area contributed by atoms with Gasteiger partial charge in [0.15, 0.2) is 5.60 Å². The zero-order chi connectivity index (χ0) is 13.1. The van der Waals surface area contributed by atoms with Crippen molar-refractivity contribution in [2.45, 2.75) is 19.4 Å². The number of carbonyl (C=O) groups excluding carboxylic acids is 1. The van der Waals surface area contributed by atoms with Gasteiger partial charge in [-0.15, -0.1) is 0 Å². The molecule has 3 N–H and O–H groups in total. The molecule has 0 aromatic carbocycles. The van der Waals surface area contributed by atoms with Crippen molar-refractivity contribution in [3.05, 3.63) is 29.6 Å². The SMILES string of the molecule is Cc1cc(C(=O)NCC(C)(O)C(=O)O)ccn1. The van der Waals surface area contributed by atoms with Gasteiger partial charge in [0.05, 0.1) is 6.54 Å². The summed E-state index contributed by atoms with van der Waals surface area (Å²) in [6, 6.07) is 3.09.